The number of para-hydroxylation sites is 1. The van der Waals surface area contributed by atoms with Gasteiger partial charge < -0.3 is 9.47 Å². The zero-order valence-electron chi connectivity index (χ0n) is 12.9. The minimum Gasteiger partial charge on any atom is -0.493 e. The van der Waals surface area contributed by atoms with Gasteiger partial charge in [0, 0.05) is 0 Å². The van der Waals surface area contributed by atoms with Crippen molar-refractivity contribution in [1.82, 2.24) is 4.72 Å². The normalized spacial score (nSPS) is 10.5. The third-order valence-corrected chi connectivity index (χ3v) is 4.52. The molecule has 0 unspecified atom stereocenters. The minimum atomic E-state index is -4.08. The predicted octanol–water partition coefficient (Wildman–Crippen LogP) is 1.69. The second kappa shape index (κ2) is 7.02. The second-order valence-corrected chi connectivity index (χ2v) is 6.29. The molecule has 0 atom stereocenters. The molecule has 2 aromatic rings. The standard InChI is InChI=1S/C16H14N2O5S/c1-22-14-5-3-4-13(15(14)23-2)16(19)18-24(20,21)12-8-6-11(10-17)7-9-12/h3-9H,1-2H3,(H,18,19). The molecule has 0 fully saturated rings. The van der Waals surface area contributed by atoms with Crippen LogP contribution >= 0.6 is 0 Å². The van der Waals surface area contributed by atoms with E-state index in [2.05, 4.69) is 0 Å². The summed E-state index contributed by atoms with van der Waals surface area (Å²) in [6.07, 6.45) is 0. The Kier molecular flexibility index (Phi) is 5.06. The number of benzene rings is 2. The number of carbonyl (C=O) groups excluding carboxylic acids is 1. The second-order valence-electron chi connectivity index (χ2n) is 4.61. The predicted molar refractivity (Wildman–Crippen MR) is 85.4 cm³/mol. The van der Waals surface area contributed by atoms with E-state index in [1.54, 1.807) is 12.1 Å². The van der Waals surface area contributed by atoms with Crippen LogP contribution in [0.3, 0.4) is 0 Å². The number of nitriles is 1. The number of rotatable bonds is 5. The summed E-state index contributed by atoms with van der Waals surface area (Å²) in [5.41, 5.74) is 0.337. The zero-order valence-corrected chi connectivity index (χ0v) is 13.8. The van der Waals surface area contributed by atoms with E-state index in [0.29, 0.717) is 11.3 Å². The Hall–Kier alpha value is -3.05. The summed E-state index contributed by atoms with van der Waals surface area (Å²) in [4.78, 5) is 12.2. The van der Waals surface area contributed by atoms with E-state index in [9.17, 15) is 13.2 Å². The Morgan fingerprint density at radius 1 is 1.08 bits per heavy atom. The maximum atomic E-state index is 12.3. The molecule has 0 aliphatic heterocycles. The summed E-state index contributed by atoms with van der Waals surface area (Å²) in [6, 6.07) is 11.6. The van der Waals surface area contributed by atoms with Gasteiger partial charge in [-0.05, 0) is 36.4 Å². The molecule has 8 heteroatoms. The summed E-state index contributed by atoms with van der Waals surface area (Å²) in [7, 11) is -1.32. The van der Waals surface area contributed by atoms with Crippen LogP contribution in [0.15, 0.2) is 47.4 Å². The van der Waals surface area contributed by atoms with Gasteiger partial charge in [0.2, 0.25) is 0 Å². The van der Waals surface area contributed by atoms with Gasteiger partial charge in [0.15, 0.2) is 11.5 Å². The average molecular weight is 346 g/mol. The summed E-state index contributed by atoms with van der Waals surface area (Å²) in [5, 5.41) is 8.74. The van der Waals surface area contributed by atoms with Gasteiger partial charge in [-0.3, -0.25) is 4.79 Å². The van der Waals surface area contributed by atoms with E-state index < -0.39 is 15.9 Å². The summed E-state index contributed by atoms with van der Waals surface area (Å²) >= 11 is 0. The molecule has 0 spiro atoms. The van der Waals surface area contributed by atoms with Crippen LogP contribution in [-0.2, 0) is 10.0 Å². The zero-order chi connectivity index (χ0) is 17.7. The quantitative estimate of drug-likeness (QED) is 0.883. The molecule has 0 radical (unpaired) electrons. The van der Waals surface area contributed by atoms with Crippen molar-refractivity contribution in [2.24, 2.45) is 0 Å². The molecule has 1 amide bonds. The van der Waals surface area contributed by atoms with E-state index in [4.69, 9.17) is 14.7 Å². The number of nitrogens with zero attached hydrogens (tertiary/aromatic N) is 1. The van der Waals surface area contributed by atoms with E-state index in [1.165, 1.54) is 44.6 Å². The van der Waals surface area contributed by atoms with Crippen molar-refractivity contribution >= 4 is 15.9 Å². The first-order valence-electron chi connectivity index (χ1n) is 6.71. The molecule has 0 saturated carbocycles. The first-order valence-corrected chi connectivity index (χ1v) is 8.19. The largest absolute Gasteiger partial charge is 0.493 e. The first-order chi connectivity index (χ1) is 11.4. The fourth-order valence-electron chi connectivity index (χ4n) is 2.01. The maximum absolute atomic E-state index is 12.3. The van der Waals surface area contributed by atoms with Gasteiger partial charge in [0.25, 0.3) is 15.9 Å². The van der Waals surface area contributed by atoms with E-state index in [1.807, 2.05) is 10.8 Å². The van der Waals surface area contributed by atoms with Crippen LogP contribution in [-0.4, -0.2) is 28.5 Å². The molecule has 2 rings (SSSR count). The number of hydrogen-bond donors (Lipinski definition) is 1. The highest BCUT2D eigenvalue weighted by Crippen LogP contribution is 2.30. The van der Waals surface area contributed by atoms with Gasteiger partial charge in [-0.2, -0.15) is 5.26 Å². The number of nitrogens with one attached hydrogen (secondary N) is 1. The van der Waals surface area contributed by atoms with Crippen molar-refractivity contribution < 1.29 is 22.7 Å². The molecule has 2 aromatic carbocycles. The lowest BCUT2D eigenvalue weighted by Gasteiger charge is -2.12. The first kappa shape index (κ1) is 17.3. The van der Waals surface area contributed by atoms with Crippen LogP contribution in [0.25, 0.3) is 0 Å². The van der Waals surface area contributed by atoms with Crippen molar-refractivity contribution in [3.63, 3.8) is 0 Å². The number of sulfonamides is 1. The highest BCUT2D eigenvalue weighted by Gasteiger charge is 2.22. The molecule has 0 aliphatic carbocycles. The number of ether oxygens (including phenoxy) is 2. The van der Waals surface area contributed by atoms with Crippen molar-refractivity contribution in [1.29, 1.82) is 5.26 Å². The highest BCUT2D eigenvalue weighted by molar-refractivity contribution is 7.90. The summed E-state index contributed by atoms with van der Waals surface area (Å²) < 4.78 is 36.7. The SMILES string of the molecule is COc1cccc(C(=O)NS(=O)(=O)c2ccc(C#N)cc2)c1OC. The molecule has 1 N–H and O–H groups in total. The minimum absolute atomic E-state index is 0.0223. The van der Waals surface area contributed by atoms with Crippen LogP contribution < -0.4 is 14.2 Å². The fourth-order valence-corrected chi connectivity index (χ4v) is 2.98. The van der Waals surface area contributed by atoms with Crippen molar-refractivity contribution in [3.8, 4) is 17.6 Å². The third-order valence-electron chi connectivity index (χ3n) is 3.17. The Morgan fingerprint density at radius 3 is 2.29 bits per heavy atom. The van der Waals surface area contributed by atoms with Gasteiger partial charge in [-0.1, -0.05) is 6.07 Å². The molecule has 0 aliphatic rings. The molecule has 0 heterocycles. The van der Waals surface area contributed by atoms with Crippen molar-refractivity contribution in [2.45, 2.75) is 4.90 Å². The number of methoxy groups -OCH3 is 2. The van der Waals surface area contributed by atoms with Crippen molar-refractivity contribution in [3.05, 3.63) is 53.6 Å². The Morgan fingerprint density at radius 2 is 1.75 bits per heavy atom. The van der Waals surface area contributed by atoms with Crippen LogP contribution in [0, 0.1) is 11.3 Å². The molecular formula is C16H14N2O5S. The van der Waals surface area contributed by atoms with Gasteiger partial charge in [0.1, 0.15) is 0 Å². The number of amides is 1. The Bertz CT molecular complexity index is 899. The van der Waals surface area contributed by atoms with Gasteiger partial charge in [-0.25, -0.2) is 13.1 Å². The molecule has 0 saturated heterocycles. The van der Waals surface area contributed by atoms with Gasteiger partial charge in [0.05, 0.1) is 36.3 Å². The summed E-state index contributed by atoms with van der Waals surface area (Å²) in [5.74, 6) is -0.413. The van der Waals surface area contributed by atoms with Gasteiger partial charge in [-0.15, -0.1) is 0 Å². The molecule has 7 nitrogen and oxygen atoms in total. The Labute approximate surface area is 139 Å². The van der Waals surface area contributed by atoms with Crippen LogP contribution in [0.2, 0.25) is 0 Å². The third kappa shape index (κ3) is 3.47. The molecule has 0 bridgehead atoms. The topological polar surface area (TPSA) is 105 Å². The lowest BCUT2D eigenvalue weighted by Crippen LogP contribution is -2.30. The Balaban J connectivity index is 2.33. The highest BCUT2D eigenvalue weighted by atomic mass is 32.2. The smallest absolute Gasteiger partial charge is 0.268 e. The number of hydrogen-bond acceptors (Lipinski definition) is 6. The van der Waals surface area contributed by atoms with Crippen LogP contribution in [0.4, 0.5) is 0 Å². The lowest BCUT2D eigenvalue weighted by atomic mass is 10.2. The monoisotopic (exact) mass is 346 g/mol. The fraction of sp³-hybridized carbons (Fsp3) is 0.125. The molecule has 0 aromatic heterocycles. The van der Waals surface area contributed by atoms with E-state index in [-0.39, 0.29) is 16.2 Å². The number of carbonyl (C=O) groups is 1. The van der Waals surface area contributed by atoms with E-state index in [0.717, 1.165) is 0 Å². The van der Waals surface area contributed by atoms with Crippen molar-refractivity contribution in [2.75, 3.05) is 14.2 Å². The van der Waals surface area contributed by atoms with Crippen LogP contribution in [0.5, 0.6) is 11.5 Å². The van der Waals surface area contributed by atoms with Crippen LogP contribution in [0.1, 0.15) is 15.9 Å². The van der Waals surface area contributed by atoms with E-state index >= 15 is 0 Å². The maximum Gasteiger partial charge on any atom is 0.268 e. The molecular weight excluding hydrogens is 332 g/mol. The average Bonchev–Trinajstić information content (AvgIpc) is 2.60. The summed E-state index contributed by atoms with van der Waals surface area (Å²) in [6.45, 7) is 0. The lowest BCUT2D eigenvalue weighted by molar-refractivity contribution is 0.0978. The molecule has 24 heavy (non-hydrogen) atoms. The van der Waals surface area contributed by atoms with Gasteiger partial charge >= 0.3 is 0 Å². The molecule has 124 valence electrons.